The summed E-state index contributed by atoms with van der Waals surface area (Å²) in [6.07, 6.45) is 2.61. The van der Waals surface area contributed by atoms with Crippen molar-refractivity contribution >= 4 is 34.3 Å². The molecule has 11 heteroatoms. The lowest BCUT2D eigenvalue weighted by Crippen LogP contribution is -2.31. The number of hydrogen-bond acceptors (Lipinski definition) is 8. The summed E-state index contributed by atoms with van der Waals surface area (Å²) < 4.78 is 9.18. The normalized spacial score (nSPS) is 11.5. The van der Waals surface area contributed by atoms with E-state index in [9.17, 15) is 9.59 Å². The van der Waals surface area contributed by atoms with E-state index in [-0.39, 0.29) is 0 Å². The molecule has 0 unspecified atom stereocenters. The molecule has 0 amide bonds. The molecule has 0 aliphatic rings. The fraction of sp³-hybridized carbons (Fsp3) is 0.421. The van der Waals surface area contributed by atoms with Crippen molar-refractivity contribution in [2.75, 3.05) is 0 Å². The zero-order valence-electron chi connectivity index (χ0n) is 16.8. The molecule has 30 heavy (non-hydrogen) atoms. The van der Waals surface area contributed by atoms with E-state index in [4.69, 9.17) is 4.42 Å². The Morgan fingerprint density at radius 3 is 2.77 bits per heavy atom. The van der Waals surface area contributed by atoms with Crippen LogP contribution in [0.25, 0.3) is 21.9 Å². The van der Waals surface area contributed by atoms with E-state index in [1.54, 1.807) is 4.57 Å². The van der Waals surface area contributed by atoms with Gasteiger partial charge < -0.3 is 8.98 Å². The zero-order valence-corrected chi connectivity index (χ0v) is 18.4. The first-order valence-electron chi connectivity index (χ1n) is 9.84. The van der Waals surface area contributed by atoms with Gasteiger partial charge in [-0.05, 0) is 24.3 Å². The Bertz CT molecular complexity index is 1250. The third-order valence-corrected chi connectivity index (χ3v) is 6.28. The number of thioether (sulfide) groups is 1. The number of aryl methyl sites for hydroxylation is 2. The van der Waals surface area contributed by atoms with Gasteiger partial charge >= 0.3 is 5.69 Å². The van der Waals surface area contributed by atoms with Crippen molar-refractivity contribution in [2.45, 2.75) is 57.2 Å². The number of aromatic amines is 1. The van der Waals surface area contributed by atoms with Gasteiger partial charge in [0.1, 0.15) is 5.82 Å². The van der Waals surface area contributed by atoms with Gasteiger partial charge in [0.2, 0.25) is 0 Å². The third kappa shape index (κ3) is 3.99. The van der Waals surface area contributed by atoms with Crippen LogP contribution in [0.3, 0.4) is 0 Å². The van der Waals surface area contributed by atoms with Crippen LogP contribution in [-0.2, 0) is 18.8 Å². The maximum atomic E-state index is 12.6. The van der Waals surface area contributed by atoms with Crippen LogP contribution in [0.4, 0.5) is 0 Å². The number of nitrogens with zero attached hydrogens (tertiary/aromatic N) is 5. The Morgan fingerprint density at radius 1 is 1.17 bits per heavy atom. The molecule has 0 saturated heterocycles. The van der Waals surface area contributed by atoms with E-state index in [0.29, 0.717) is 46.9 Å². The summed E-state index contributed by atoms with van der Waals surface area (Å²) in [6, 6.07) is 3.86. The van der Waals surface area contributed by atoms with Crippen molar-refractivity contribution in [1.82, 2.24) is 29.3 Å². The molecule has 0 aromatic carbocycles. The van der Waals surface area contributed by atoms with E-state index in [1.165, 1.54) is 23.1 Å². The van der Waals surface area contributed by atoms with Crippen LogP contribution in [0.1, 0.15) is 38.9 Å². The fourth-order valence-corrected chi connectivity index (χ4v) is 4.56. The van der Waals surface area contributed by atoms with E-state index in [0.717, 1.165) is 24.1 Å². The zero-order chi connectivity index (χ0) is 21.1. The highest BCUT2D eigenvalue weighted by Crippen LogP contribution is 2.28. The largest absolute Gasteiger partial charge is 0.410 e. The van der Waals surface area contributed by atoms with Gasteiger partial charge in [-0.15, -0.1) is 21.5 Å². The van der Waals surface area contributed by atoms with Gasteiger partial charge in [0, 0.05) is 13.1 Å². The molecule has 0 aliphatic heterocycles. The molecule has 158 valence electrons. The number of fused-ring (bicyclic) bond motifs is 1. The number of H-pyrrole nitrogens is 1. The summed E-state index contributed by atoms with van der Waals surface area (Å²) in [4.78, 5) is 33.0. The number of imidazole rings is 1. The van der Waals surface area contributed by atoms with Crippen LogP contribution in [0.5, 0.6) is 0 Å². The molecule has 9 nitrogen and oxygen atoms in total. The second-order valence-electron chi connectivity index (χ2n) is 6.76. The van der Waals surface area contributed by atoms with Crippen LogP contribution >= 0.6 is 23.1 Å². The minimum absolute atomic E-state index is 0.405. The molecule has 0 atom stereocenters. The Kier molecular flexibility index (Phi) is 6.18. The number of hydrogen-bond donors (Lipinski definition) is 1. The Hall–Kier alpha value is -2.66. The quantitative estimate of drug-likeness (QED) is 0.392. The van der Waals surface area contributed by atoms with Crippen LogP contribution in [-0.4, -0.2) is 29.3 Å². The van der Waals surface area contributed by atoms with E-state index in [2.05, 4.69) is 27.1 Å². The molecule has 4 aromatic rings. The predicted molar refractivity (Wildman–Crippen MR) is 117 cm³/mol. The molecule has 0 saturated carbocycles. The molecule has 4 heterocycles. The Balaban J connectivity index is 1.68. The van der Waals surface area contributed by atoms with Gasteiger partial charge in [-0.3, -0.25) is 14.3 Å². The van der Waals surface area contributed by atoms with Crippen molar-refractivity contribution < 1.29 is 4.42 Å². The van der Waals surface area contributed by atoms with Gasteiger partial charge in [0.05, 0.1) is 10.6 Å². The van der Waals surface area contributed by atoms with Gasteiger partial charge in [-0.2, -0.15) is 0 Å². The number of rotatable bonds is 9. The fourth-order valence-electron chi connectivity index (χ4n) is 3.21. The average Bonchev–Trinajstić information content (AvgIpc) is 3.46. The third-order valence-electron chi connectivity index (χ3n) is 4.61. The molecule has 0 radical (unpaired) electrons. The summed E-state index contributed by atoms with van der Waals surface area (Å²) >= 11 is 2.90. The molecule has 1 N–H and O–H groups in total. The summed E-state index contributed by atoms with van der Waals surface area (Å²) in [7, 11) is 0. The van der Waals surface area contributed by atoms with Crippen LogP contribution in [0.2, 0.25) is 0 Å². The highest BCUT2D eigenvalue weighted by molar-refractivity contribution is 7.98. The van der Waals surface area contributed by atoms with Gasteiger partial charge in [-0.1, -0.05) is 38.1 Å². The lowest BCUT2D eigenvalue weighted by Gasteiger charge is -2.07. The minimum atomic E-state index is -0.418. The van der Waals surface area contributed by atoms with E-state index >= 15 is 0 Å². The summed E-state index contributed by atoms with van der Waals surface area (Å²) in [5.74, 6) is 1.63. The SMILES string of the molecule is CCCCn1c(=O)[nH]c(=O)c2c1nc(CSc1nnc(-c3cccs3)o1)n2CCC. The standard InChI is InChI=1S/C19H22N6O3S2/c1-3-5-9-25-15-14(16(26)21-18(25)27)24(8-4-2)13(20-15)11-30-19-23-22-17(28-19)12-7-6-10-29-12/h6-7,10H,3-5,8-9,11H2,1-2H3,(H,21,26,27). The number of unbranched alkanes of at least 4 members (excludes halogenated alkanes) is 1. The molecule has 0 aliphatic carbocycles. The molecule has 4 aromatic heterocycles. The molecular formula is C19H22N6O3S2. The van der Waals surface area contributed by atoms with Crippen molar-refractivity contribution in [3.8, 4) is 10.8 Å². The van der Waals surface area contributed by atoms with Gasteiger partial charge in [-0.25, -0.2) is 9.78 Å². The second-order valence-corrected chi connectivity index (χ2v) is 8.63. The maximum absolute atomic E-state index is 12.6. The Labute approximate surface area is 180 Å². The highest BCUT2D eigenvalue weighted by Gasteiger charge is 2.19. The Morgan fingerprint density at radius 2 is 2.03 bits per heavy atom. The van der Waals surface area contributed by atoms with Crippen LogP contribution in [0.15, 0.2) is 36.7 Å². The van der Waals surface area contributed by atoms with Crippen molar-refractivity contribution in [1.29, 1.82) is 0 Å². The molecule has 0 spiro atoms. The van der Waals surface area contributed by atoms with Gasteiger partial charge in [0.25, 0.3) is 16.7 Å². The van der Waals surface area contributed by atoms with Crippen molar-refractivity contribution in [3.05, 3.63) is 44.2 Å². The van der Waals surface area contributed by atoms with Gasteiger partial charge in [0.15, 0.2) is 11.2 Å². The van der Waals surface area contributed by atoms with E-state index < -0.39 is 11.2 Å². The first kappa shape index (κ1) is 20.6. The molecule has 0 bridgehead atoms. The molecule has 4 rings (SSSR count). The smallest absolute Gasteiger partial charge is 0.330 e. The number of nitrogens with one attached hydrogen (secondary N) is 1. The first-order valence-corrected chi connectivity index (χ1v) is 11.7. The second kappa shape index (κ2) is 9.00. The maximum Gasteiger partial charge on any atom is 0.330 e. The summed E-state index contributed by atoms with van der Waals surface area (Å²) in [5.41, 5.74) is 0.0514. The number of thiophene rings is 1. The predicted octanol–water partition coefficient (Wildman–Crippen LogP) is 3.50. The lowest BCUT2D eigenvalue weighted by atomic mass is 10.3. The first-order chi connectivity index (χ1) is 14.6. The summed E-state index contributed by atoms with van der Waals surface area (Å²) in [6.45, 7) is 5.24. The molecule has 0 fully saturated rings. The minimum Gasteiger partial charge on any atom is -0.410 e. The van der Waals surface area contributed by atoms with Crippen molar-refractivity contribution in [2.24, 2.45) is 0 Å². The topological polar surface area (TPSA) is 112 Å². The number of aromatic nitrogens is 6. The highest BCUT2D eigenvalue weighted by atomic mass is 32.2. The van der Waals surface area contributed by atoms with Crippen LogP contribution in [0, 0.1) is 0 Å². The van der Waals surface area contributed by atoms with E-state index in [1.807, 2.05) is 29.0 Å². The van der Waals surface area contributed by atoms with Crippen LogP contribution < -0.4 is 11.2 Å². The summed E-state index contributed by atoms with van der Waals surface area (Å²) in [5, 5.41) is 10.6. The van der Waals surface area contributed by atoms with Crippen molar-refractivity contribution in [3.63, 3.8) is 0 Å². The lowest BCUT2D eigenvalue weighted by molar-refractivity contribution is 0.466. The monoisotopic (exact) mass is 446 g/mol. The average molecular weight is 447 g/mol. The molecular weight excluding hydrogens is 424 g/mol.